The van der Waals surface area contributed by atoms with Crippen LogP contribution in [0.1, 0.15) is 26.7 Å². The number of thioether (sulfide) groups is 1. The summed E-state index contributed by atoms with van der Waals surface area (Å²) in [5.74, 6) is 0.300. The fourth-order valence-electron chi connectivity index (χ4n) is 1.93. The highest BCUT2D eigenvalue weighted by molar-refractivity contribution is 7.99. The molecule has 108 valence electrons. The van der Waals surface area contributed by atoms with E-state index in [2.05, 4.69) is 17.2 Å². The van der Waals surface area contributed by atoms with Crippen LogP contribution in [0, 0.1) is 0 Å². The molecule has 1 atom stereocenters. The van der Waals surface area contributed by atoms with Crippen molar-refractivity contribution >= 4 is 34.5 Å². The van der Waals surface area contributed by atoms with E-state index in [9.17, 15) is 4.79 Å². The summed E-state index contributed by atoms with van der Waals surface area (Å²) >= 11 is 1.29. The number of nitrogens with two attached hydrogens (primary N) is 1. The monoisotopic (exact) mass is 293 g/mol. The molecule has 5 nitrogen and oxygen atoms in total. The SMILES string of the molecule is CCCC(C)NC(=O)CSc1nc2ccc(N)cc2o1. The summed E-state index contributed by atoms with van der Waals surface area (Å²) in [5.41, 5.74) is 7.71. The molecular formula is C14H19N3O2S. The van der Waals surface area contributed by atoms with Crippen LogP contribution in [0.4, 0.5) is 5.69 Å². The molecule has 0 aliphatic rings. The summed E-state index contributed by atoms with van der Waals surface area (Å²) in [7, 11) is 0. The second-order valence-electron chi connectivity index (χ2n) is 4.75. The van der Waals surface area contributed by atoms with Crippen molar-refractivity contribution in [1.29, 1.82) is 0 Å². The first kappa shape index (κ1) is 14.7. The van der Waals surface area contributed by atoms with E-state index in [0.29, 0.717) is 22.2 Å². The van der Waals surface area contributed by atoms with E-state index >= 15 is 0 Å². The van der Waals surface area contributed by atoms with Gasteiger partial charge in [0.25, 0.3) is 5.22 Å². The molecule has 3 N–H and O–H groups in total. The van der Waals surface area contributed by atoms with Crippen molar-refractivity contribution in [3.8, 4) is 0 Å². The molecule has 2 aromatic rings. The van der Waals surface area contributed by atoms with E-state index in [-0.39, 0.29) is 11.9 Å². The van der Waals surface area contributed by atoms with Gasteiger partial charge < -0.3 is 15.5 Å². The highest BCUT2D eigenvalue weighted by atomic mass is 32.2. The first-order valence-corrected chi connectivity index (χ1v) is 7.65. The Hall–Kier alpha value is -1.69. The van der Waals surface area contributed by atoms with Crippen LogP contribution < -0.4 is 11.1 Å². The van der Waals surface area contributed by atoms with Gasteiger partial charge in [0.2, 0.25) is 5.91 Å². The van der Waals surface area contributed by atoms with E-state index < -0.39 is 0 Å². The van der Waals surface area contributed by atoms with Gasteiger partial charge in [0.1, 0.15) is 5.52 Å². The average molecular weight is 293 g/mol. The smallest absolute Gasteiger partial charge is 0.257 e. The number of nitrogen functional groups attached to an aromatic ring is 1. The molecule has 2 rings (SSSR count). The van der Waals surface area contributed by atoms with Crippen LogP contribution in [-0.4, -0.2) is 22.7 Å². The lowest BCUT2D eigenvalue weighted by Crippen LogP contribution is -2.33. The number of carbonyl (C=O) groups is 1. The molecule has 0 saturated heterocycles. The molecule has 0 saturated carbocycles. The Morgan fingerprint density at radius 3 is 3.10 bits per heavy atom. The predicted molar refractivity (Wildman–Crippen MR) is 81.7 cm³/mol. The van der Waals surface area contributed by atoms with E-state index in [1.165, 1.54) is 11.8 Å². The van der Waals surface area contributed by atoms with Crippen molar-refractivity contribution in [1.82, 2.24) is 10.3 Å². The number of amides is 1. The van der Waals surface area contributed by atoms with Gasteiger partial charge in [-0.05, 0) is 25.5 Å². The van der Waals surface area contributed by atoms with Crippen molar-refractivity contribution < 1.29 is 9.21 Å². The van der Waals surface area contributed by atoms with Gasteiger partial charge in [-0.25, -0.2) is 4.98 Å². The van der Waals surface area contributed by atoms with Crippen LogP contribution in [-0.2, 0) is 4.79 Å². The number of anilines is 1. The van der Waals surface area contributed by atoms with Gasteiger partial charge in [-0.2, -0.15) is 0 Å². The molecule has 0 aliphatic heterocycles. The predicted octanol–water partition coefficient (Wildman–Crippen LogP) is 2.81. The van der Waals surface area contributed by atoms with Crippen molar-refractivity contribution in [2.24, 2.45) is 0 Å². The topological polar surface area (TPSA) is 81.2 Å². The first-order chi connectivity index (χ1) is 9.58. The molecule has 1 amide bonds. The average Bonchev–Trinajstić information content (AvgIpc) is 2.78. The number of hydrogen-bond donors (Lipinski definition) is 2. The molecule has 0 aliphatic carbocycles. The minimum absolute atomic E-state index is 0.00211. The summed E-state index contributed by atoms with van der Waals surface area (Å²) < 4.78 is 5.54. The zero-order chi connectivity index (χ0) is 14.5. The number of benzene rings is 1. The Morgan fingerprint density at radius 1 is 1.55 bits per heavy atom. The van der Waals surface area contributed by atoms with Gasteiger partial charge in [0.05, 0.1) is 5.75 Å². The number of nitrogens with one attached hydrogen (secondary N) is 1. The van der Waals surface area contributed by atoms with Gasteiger partial charge in [0.15, 0.2) is 5.58 Å². The van der Waals surface area contributed by atoms with Crippen molar-refractivity contribution in [3.63, 3.8) is 0 Å². The Labute approximate surface area is 122 Å². The number of oxazole rings is 1. The second kappa shape index (κ2) is 6.65. The molecule has 0 radical (unpaired) electrons. The van der Waals surface area contributed by atoms with E-state index in [4.69, 9.17) is 10.2 Å². The minimum atomic E-state index is -0.00211. The molecule has 6 heteroatoms. The number of hydrogen-bond acceptors (Lipinski definition) is 5. The minimum Gasteiger partial charge on any atom is -0.431 e. The Kier molecular flexibility index (Phi) is 4.89. The van der Waals surface area contributed by atoms with Gasteiger partial charge >= 0.3 is 0 Å². The van der Waals surface area contributed by atoms with Gasteiger partial charge in [-0.3, -0.25) is 4.79 Å². The van der Waals surface area contributed by atoms with Crippen molar-refractivity contribution in [2.45, 2.75) is 38.0 Å². The summed E-state index contributed by atoms with van der Waals surface area (Å²) in [6.45, 7) is 4.11. The molecule has 1 unspecified atom stereocenters. The van der Waals surface area contributed by atoms with Crippen LogP contribution in [0.25, 0.3) is 11.1 Å². The normalized spacial score (nSPS) is 12.5. The van der Waals surface area contributed by atoms with Gasteiger partial charge in [0, 0.05) is 17.8 Å². The lowest BCUT2D eigenvalue weighted by Gasteiger charge is -2.11. The summed E-state index contributed by atoms with van der Waals surface area (Å²) in [6, 6.07) is 5.52. The third-order valence-electron chi connectivity index (χ3n) is 2.85. The number of fused-ring (bicyclic) bond motifs is 1. The number of aromatic nitrogens is 1. The van der Waals surface area contributed by atoms with Crippen LogP contribution in [0.3, 0.4) is 0 Å². The standard InChI is InChI=1S/C14H19N3O2S/c1-3-4-9(2)16-13(18)8-20-14-17-11-6-5-10(15)7-12(11)19-14/h5-7,9H,3-4,8,15H2,1-2H3,(H,16,18). The first-order valence-electron chi connectivity index (χ1n) is 6.66. The molecule has 1 heterocycles. The van der Waals surface area contributed by atoms with Gasteiger partial charge in [-0.15, -0.1) is 0 Å². The molecule has 0 fully saturated rings. The van der Waals surface area contributed by atoms with Crippen molar-refractivity contribution in [3.05, 3.63) is 18.2 Å². The molecular weight excluding hydrogens is 274 g/mol. The largest absolute Gasteiger partial charge is 0.431 e. The Balaban J connectivity index is 1.90. The maximum Gasteiger partial charge on any atom is 0.257 e. The molecule has 1 aromatic heterocycles. The summed E-state index contributed by atoms with van der Waals surface area (Å²) in [5, 5.41) is 3.43. The fourth-order valence-corrected chi connectivity index (χ4v) is 2.58. The summed E-state index contributed by atoms with van der Waals surface area (Å²) in [4.78, 5) is 16.1. The van der Waals surface area contributed by atoms with Crippen LogP contribution >= 0.6 is 11.8 Å². The van der Waals surface area contributed by atoms with Crippen LogP contribution in [0.2, 0.25) is 0 Å². The Bertz CT molecular complexity index is 597. The maximum absolute atomic E-state index is 11.7. The lowest BCUT2D eigenvalue weighted by molar-refractivity contribution is -0.119. The quantitative estimate of drug-likeness (QED) is 0.632. The third-order valence-corrected chi connectivity index (χ3v) is 3.68. The van der Waals surface area contributed by atoms with Crippen molar-refractivity contribution in [2.75, 3.05) is 11.5 Å². The zero-order valence-corrected chi connectivity index (χ0v) is 12.5. The van der Waals surface area contributed by atoms with E-state index in [1.54, 1.807) is 12.1 Å². The third kappa shape index (κ3) is 3.90. The van der Waals surface area contributed by atoms with E-state index in [1.807, 2.05) is 13.0 Å². The lowest BCUT2D eigenvalue weighted by atomic mass is 10.2. The maximum atomic E-state index is 11.7. The highest BCUT2D eigenvalue weighted by Crippen LogP contribution is 2.24. The fraction of sp³-hybridized carbons (Fsp3) is 0.429. The second-order valence-corrected chi connectivity index (χ2v) is 5.68. The van der Waals surface area contributed by atoms with Crippen LogP contribution in [0.5, 0.6) is 0 Å². The molecule has 20 heavy (non-hydrogen) atoms. The zero-order valence-electron chi connectivity index (χ0n) is 11.7. The van der Waals surface area contributed by atoms with Gasteiger partial charge in [-0.1, -0.05) is 25.1 Å². The number of rotatable bonds is 6. The van der Waals surface area contributed by atoms with Crippen LogP contribution in [0.15, 0.2) is 27.8 Å². The Morgan fingerprint density at radius 2 is 2.35 bits per heavy atom. The van der Waals surface area contributed by atoms with E-state index in [0.717, 1.165) is 18.4 Å². The molecule has 0 spiro atoms. The molecule has 1 aromatic carbocycles. The highest BCUT2D eigenvalue weighted by Gasteiger charge is 2.11. The molecule has 0 bridgehead atoms. The summed E-state index contributed by atoms with van der Waals surface area (Å²) in [6.07, 6.45) is 2.04. The number of nitrogens with zero attached hydrogens (tertiary/aromatic N) is 1. The number of carbonyl (C=O) groups excluding carboxylic acids is 1.